The Morgan fingerprint density at radius 3 is 2.47 bits per heavy atom. The predicted octanol–water partition coefficient (Wildman–Crippen LogP) is 2.03. The Hall–Kier alpha value is -1.87. The van der Waals surface area contributed by atoms with E-state index in [1.807, 2.05) is 43.3 Å². The first-order chi connectivity index (χ1) is 8.26. The van der Waals surface area contributed by atoms with Crippen LogP contribution in [0.3, 0.4) is 0 Å². The minimum atomic E-state index is 0.0201. The molecule has 0 aliphatic carbocycles. The lowest BCUT2D eigenvalue weighted by Gasteiger charge is -2.06. The molecule has 2 aromatic rings. The van der Waals surface area contributed by atoms with E-state index < -0.39 is 0 Å². The standard InChI is InChI=1S/C14H15NO2/c1-2-15-9-3-4-13(14(15)17)12-7-5-11(10-16)6-8-12/h3-9,16H,2,10H2,1H3. The lowest BCUT2D eigenvalue weighted by atomic mass is 10.1. The summed E-state index contributed by atoms with van der Waals surface area (Å²) in [5, 5.41) is 8.97. The first-order valence-electron chi connectivity index (χ1n) is 5.66. The van der Waals surface area contributed by atoms with Gasteiger partial charge in [0.25, 0.3) is 5.56 Å². The Morgan fingerprint density at radius 2 is 1.88 bits per heavy atom. The fourth-order valence-corrected chi connectivity index (χ4v) is 1.80. The van der Waals surface area contributed by atoms with Crippen molar-refractivity contribution in [2.75, 3.05) is 0 Å². The van der Waals surface area contributed by atoms with Gasteiger partial charge in [0.2, 0.25) is 0 Å². The maximum atomic E-state index is 12.1. The molecule has 0 saturated carbocycles. The first kappa shape index (κ1) is 11.6. The van der Waals surface area contributed by atoms with Crippen LogP contribution in [0.25, 0.3) is 11.1 Å². The molecule has 1 N–H and O–H groups in total. The van der Waals surface area contributed by atoms with Gasteiger partial charge in [-0.15, -0.1) is 0 Å². The average Bonchev–Trinajstić information content (AvgIpc) is 2.39. The van der Waals surface area contributed by atoms with Gasteiger partial charge in [-0.05, 0) is 30.2 Å². The molecule has 0 aliphatic heterocycles. The molecule has 0 saturated heterocycles. The van der Waals surface area contributed by atoms with Crippen molar-refractivity contribution in [1.82, 2.24) is 4.57 Å². The van der Waals surface area contributed by atoms with Gasteiger partial charge in [-0.2, -0.15) is 0 Å². The largest absolute Gasteiger partial charge is 0.392 e. The van der Waals surface area contributed by atoms with Gasteiger partial charge in [-0.1, -0.05) is 24.3 Å². The maximum Gasteiger partial charge on any atom is 0.258 e. The summed E-state index contributed by atoms with van der Waals surface area (Å²) >= 11 is 0. The lowest BCUT2D eigenvalue weighted by molar-refractivity contribution is 0.282. The molecule has 3 heteroatoms. The number of hydrogen-bond donors (Lipinski definition) is 1. The second-order valence-electron chi connectivity index (χ2n) is 3.87. The minimum Gasteiger partial charge on any atom is -0.392 e. The fraction of sp³-hybridized carbons (Fsp3) is 0.214. The third-order valence-electron chi connectivity index (χ3n) is 2.81. The lowest BCUT2D eigenvalue weighted by Crippen LogP contribution is -2.19. The van der Waals surface area contributed by atoms with Crippen LogP contribution in [0.2, 0.25) is 0 Å². The Balaban J connectivity index is 2.49. The number of aryl methyl sites for hydroxylation is 1. The summed E-state index contributed by atoms with van der Waals surface area (Å²) in [6, 6.07) is 11.1. The highest BCUT2D eigenvalue weighted by Gasteiger charge is 2.04. The van der Waals surface area contributed by atoms with Crippen molar-refractivity contribution in [3.63, 3.8) is 0 Å². The van der Waals surface area contributed by atoms with Gasteiger partial charge in [0.1, 0.15) is 0 Å². The predicted molar refractivity (Wildman–Crippen MR) is 67.7 cm³/mol. The fourth-order valence-electron chi connectivity index (χ4n) is 1.80. The van der Waals surface area contributed by atoms with Crippen molar-refractivity contribution in [3.8, 4) is 11.1 Å². The third-order valence-corrected chi connectivity index (χ3v) is 2.81. The summed E-state index contributed by atoms with van der Waals surface area (Å²) in [4.78, 5) is 12.1. The van der Waals surface area contributed by atoms with Crippen molar-refractivity contribution in [2.24, 2.45) is 0 Å². The summed E-state index contributed by atoms with van der Waals surface area (Å²) < 4.78 is 1.68. The first-order valence-corrected chi connectivity index (χ1v) is 5.66. The molecule has 1 aromatic heterocycles. The summed E-state index contributed by atoms with van der Waals surface area (Å²) in [5.41, 5.74) is 2.45. The van der Waals surface area contributed by atoms with E-state index >= 15 is 0 Å². The molecule has 0 amide bonds. The molecule has 0 aliphatic rings. The van der Waals surface area contributed by atoms with Crippen LogP contribution < -0.4 is 5.56 Å². The zero-order chi connectivity index (χ0) is 12.3. The van der Waals surface area contributed by atoms with E-state index in [4.69, 9.17) is 5.11 Å². The van der Waals surface area contributed by atoms with Gasteiger partial charge in [0.05, 0.1) is 6.61 Å². The number of aliphatic hydroxyl groups excluding tert-OH is 1. The summed E-state index contributed by atoms with van der Waals surface area (Å²) in [5.74, 6) is 0. The molecule has 17 heavy (non-hydrogen) atoms. The molecule has 0 fully saturated rings. The van der Waals surface area contributed by atoms with Crippen LogP contribution in [0.4, 0.5) is 0 Å². The number of hydrogen-bond acceptors (Lipinski definition) is 2. The smallest absolute Gasteiger partial charge is 0.258 e. The number of pyridine rings is 1. The van der Waals surface area contributed by atoms with Crippen LogP contribution >= 0.6 is 0 Å². The molecule has 1 heterocycles. The number of aromatic nitrogens is 1. The van der Waals surface area contributed by atoms with E-state index in [0.717, 1.165) is 11.1 Å². The van der Waals surface area contributed by atoms with E-state index in [0.29, 0.717) is 12.1 Å². The highest BCUT2D eigenvalue weighted by atomic mass is 16.3. The summed E-state index contributed by atoms with van der Waals surface area (Å²) in [6.07, 6.45) is 1.79. The topological polar surface area (TPSA) is 42.2 Å². The Kier molecular flexibility index (Phi) is 3.40. The van der Waals surface area contributed by atoms with Crippen LogP contribution in [0.1, 0.15) is 12.5 Å². The number of benzene rings is 1. The SMILES string of the molecule is CCn1cccc(-c2ccc(CO)cc2)c1=O. The zero-order valence-electron chi connectivity index (χ0n) is 9.76. The Labute approximate surface area is 100.0 Å². The van der Waals surface area contributed by atoms with E-state index in [2.05, 4.69) is 0 Å². The molecule has 0 radical (unpaired) electrons. The minimum absolute atomic E-state index is 0.0201. The monoisotopic (exact) mass is 229 g/mol. The molecule has 0 unspecified atom stereocenters. The molecule has 2 rings (SSSR count). The molecule has 1 aromatic carbocycles. The second-order valence-corrected chi connectivity index (χ2v) is 3.87. The van der Waals surface area contributed by atoms with Gasteiger partial charge in [0.15, 0.2) is 0 Å². The highest BCUT2D eigenvalue weighted by molar-refractivity contribution is 5.62. The quantitative estimate of drug-likeness (QED) is 0.875. The van der Waals surface area contributed by atoms with E-state index in [1.54, 1.807) is 10.8 Å². The molecular weight excluding hydrogens is 214 g/mol. The Bertz CT molecular complexity index is 555. The molecule has 3 nitrogen and oxygen atoms in total. The molecule has 0 bridgehead atoms. The van der Waals surface area contributed by atoms with E-state index in [9.17, 15) is 4.79 Å². The van der Waals surface area contributed by atoms with Gasteiger partial charge >= 0.3 is 0 Å². The third kappa shape index (κ3) is 2.29. The molecular formula is C14H15NO2. The van der Waals surface area contributed by atoms with Crippen molar-refractivity contribution >= 4 is 0 Å². The van der Waals surface area contributed by atoms with Gasteiger partial charge in [0, 0.05) is 18.3 Å². The number of aliphatic hydroxyl groups is 1. The van der Waals surface area contributed by atoms with Crippen LogP contribution in [0, 0.1) is 0 Å². The average molecular weight is 229 g/mol. The summed E-state index contributed by atoms with van der Waals surface area (Å²) in [7, 11) is 0. The van der Waals surface area contributed by atoms with Gasteiger partial charge in [-0.25, -0.2) is 0 Å². The number of nitrogens with zero attached hydrogens (tertiary/aromatic N) is 1. The van der Waals surface area contributed by atoms with Crippen LogP contribution in [-0.2, 0) is 13.2 Å². The molecule has 0 spiro atoms. The zero-order valence-corrected chi connectivity index (χ0v) is 9.76. The maximum absolute atomic E-state index is 12.1. The van der Waals surface area contributed by atoms with Crippen molar-refractivity contribution < 1.29 is 5.11 Å². The van der Waals surface area contributed by atoms with Crippen LogP contribution in [0.15, 0.2) is 47.4 Å². The van der Waals surface area contributed by atoms with Crippen molar-refractivity contribution in [3.05, 3.63) is 58.5 Å². The summed E-state index contributed by atoms with van der Waals surface area (Å²) in [6.45, 7) is 2.63. The van der Waals surface area contributed by atoms with Crippen molar-refractivity contribution in [1.29, 1.82) is 0 Å². The van der Waals surface area contributed by atoms with Gasteiger partial charge in [-0.3, -0.25) is 4.79 Å². The normalized spacial score (nSPS) is 10.5. The van der Waals surface area contributed by atoms with Crippen molar-refractivity contribution in [2.45, 2.75) is 20.1 Å². The van der Waals surface area contributed by atoms with E-state index in [-0.39, 0.29) is 12.2 Å². The second kappa shape index (κ2) is 4.97. The highest BCUT2D eigenvalue weighted by Crippen LogP contribution is 2.15. The molecule has 88 valence electrons. The van der Waals surface area contributed by atoms with Crippen LogP contribution in [-0.4, -0.2) is 9.67 Å². The molecule has 0 atom stereocenters. The van der Waals surface area contributed by atoms with E-state index in [1.165, 1.54) is 0 Å². The van der Waals surface area contributed by atoms with Gasteiger partial charge < -0.3 is 9.67 Å². The number of rotatable bonds is 3. The van der Waals surface area contributed by atoms with Crippen LogP contribution in [0.5, 0.6) is 0 Å². The Morgan fingerprint density at radius 1 is 1.18 bits per heavy atom.